The van der Waals surface area contributed by atoms with Gasteiger partial charge in [-0.3, -0.25) is 9.69 Å². The van der Waals surface area contributed by atoms with Crippen LogP contribution in [0.5, 0.6) is 0 Å². The zero-order valence-corrected chi connectivity index (χ0v) is 17.1. The Balaban J connectivity index is 1.20. The molecule has 1 saturated carbocycles. The van der Waals surface area contributed by atoms with Gasteiger partial charge in [0.15, 0.2) is 11.6 Å². The van der Waals surface area contributed by atoms with Crippen LogP contribution < -0.4 is 10.2 Å². The van der Waals surface area contributed by atoms with Crippen LogP contribution in [0.25, 0.3) is 5.69 Å². The molecule has 1 aliphatic heterocycles. The number of para-hydroxylation sites is 1. The number of carbonyl (C=O) groups excluding carboxylic acids is 2. The summed E-state index contributed by atoms with van der Waals surface area (Å²) in [4.78, 5) is 26.6. The number of nitrogens with zero attached hydrogens (tertiary/aromatic N) is 5. The standard InChI is InChI=1S/C22H21FN6O3/c23-16-4-1-2-5-17(16)29-13-9-18(27-29)25-20(30)15-7-10-22(11-8-15)14-28(21(31)32-22)19-6-3-12-24-26-19/h1-6,9,12-13,15H,7-8,10-11,14H2,(H,25,27,30). The summed E-state index contributed by atoms with van der Waals surface area (Å²) in [6, 6.07) is 11.4. The molecule has 3 aromatic rings. The average Bonchev–Trinajstić information content (AvgIpc) is 3.39. The molecule has 2 fully saturated rings. The van der Waals surface area contributed by atoms with E-state index in [0.29, 0.717) is 49.6 Å². The lowest BCUT2D eigenvalue weighted by Gasteiger charge is -2.34. The molecule has 2 amide bonds. The molecule has 1 aliphatic carbocycles. The summed E-state index contributed by atoms with van der Waals surface area (Å²) in [6.45, 7) is 0.395. The highest BCUT2D eigenvalue weighted by Crippen LogP contribution is 2.40. The zero-order valence-electron chi connectivity index (χ0n) is 17.1. The number of ether oxygens (including phenoxy) is 1. The number of benzene rings is 1. The third kappa shape index (κ3) is 3.79. The fourth-order valence-electron chi connectivity index (χ4n) is 4.29. The number of hydrogen-bond donors (Lipinski definition) is 1. The van der Waals surface area contributed by atoms with E-state index in [1.54, 1.807) is 48.8 Å². The van der Waals surface area contributed by atoms with Crippen molar-refractivity contribution in [3.8, 4) is 5.69 Å². The van der Waals surface area contributed by atoms with E-state index in [1.165, 1.54) is 15.6 Å². The molecule has 0 bridgehead atoms. The molecule has 2 aromatic heterocycles. The highest BCUT2D eigenvalue weighted by molar-refractivity contribution is 5.92. The summed E-state index contributed by atoms with van der Waals surface area (Å²) >= 11 is 0. The van der Waals surface area contributed by atoms with Crippen molar-refractivity contribution in [1.82, 2.24) is 20.0 Å². The smallest absolute Gasteiger partial charge is 0.416 e. The Morgan fingerprint density at radius 2 is 1.97 bits per heavy atom. The van der Waals surface area contributed by atoms with Gasteiger partial charge < -0.3 is 10.1 Å². The van der Waals surface area contributed by atoms with Crippen LogP contribution in [-0.2, 0) is 9.53 Å². The minimum absolute atomic E-state index is 0.145. The van der Waals surface area contributed by atoms with Crippen molar-refractivity contribution in [2.75, 3.05) is 16.8 Å². The van der Waals surface area contributed by atoms with E-state index in [9.17, 15) is 14.0 Å². The van der Waals surface area contributed by atoms with E-state index >= 15 is 0 Å². The summed E-state index contributed by atoms with van der Waals surface area (Å²) < 4.78 is 21.0. The number of amides is 2. The first-order valence-electron chi connectivity index (χ1n) is 10.4. The van der Waals surface area contributed by atoms with Gasteiger partial charge in [-0.25, -0.2) is 13.9 Å². The van der Waals surface area contributed by atoms with E-state index in [2.05, 4.69) is 20.6 Å². The maximum Gasteiger partial charge on any atom is 0.416 e. The Bertz CT molecular complexity index is 1140. The van der Waals surface area contributed by atoms with Gasteiger partial charge in [-0.15, -0.1) is 10.2 Å². The van der Waals surface area contributed by atoms with Crippen LogP contribution in [0.2, 0.25) is 0 Å². The summed E-state index contributed by atoms with van der Waals surface area (Å²) in [5.74, 6) is 0.0595. The van der Waals surface area contributed by atoms with Crippen LogP contribution in [0.15, 0.2) is 54.9 Å². The number of rotatable bonds is 4. The van der Waals surface area contributed by atoms with Crippen molar-refractivity contribution in [2.24, 2.45) is 5.92 Å². The highest BCUT2D eigenvalue weighted by atomic mass is 19.1. The van der Waals surface area contributed by atoms with Crippen molar-refractivity contribution in [3.05, 3.63) is 60.7 Å². The average molecular weight is 436 g/mol. The Morgan fingerprint density at radius 3 is 2.72 bits per heavy atom. The van der Waals surface area contributed by atoms with Crippen LogP contribution in [0.4, 0.5) is 20.8 Å². The monoisotopic (exact) mass is 436 g/mol. The Hall–Kier alpha value is -3.82. The fraction of sp³-hybridized carbons (Fsp3) is 0.318. The number of halogens is 1. The van der Waals surface area contributed by atoms with Gasteiger partial charge in [-0.2, -0.15) is 5.10 Å². The third-order valence-electron chi connectivity index (χ3n) is 6.01. The molecule has 0 unspecified atom stereocenters. The van der Waals surface area contributed by atoms with Crippen LogP contribution in [0.3, 0.4) is 0 Å². The minimum atomic E-state index is -0.613. The minimum Gasteiger partial charge on any atom is -0.441 e. The van der Waals surface area contributed by atoms with E-state index in [4.69, 9.17) is 4.74 Å². The molecule has 164 valence electrons. The van der Waals surface area contributed by atoms with Crippen LogP contribution >= 0.6 is 0 Å². The molecular formula is C22H21FN6O3. The van der Waals surface area contributed by atoms with Crippen LogP contribution in [0, 0.1) is 11.7 Å². The zero-order chi connectivity index (χ0) is 22.1. The quantitative estimate of drug-likeness (QED) is 0.673. The number of carbonyl (C=O) groups is 2. The lowest BCUT2D eigenvalue weighted by atomic mass is 9.78. The van der Waals surface area contributed by atoms with Gasteiger partial charge in [0.2, 0.25) is 5.91 Å². The first-order chi connectivity index (χ1) is 15.5. The number of aromatic nitrogens is 4. The van der Waals surface area contributed by atoms with E-state index in [1.807, 2.05) is 0 Å². The van der Waals surface area contributed by atoms with Crippen molar-refractivity contribution < 1.29 is 18.7 Å². The first kappa shape index (κ1) is 20.1. The van der Waals surface area contributed by atoms with Gasteiger partial charge in [0, 0.05) is 24.4 Å². The van der Waals surface area contributed by atoms with Gasteiger partial charge in [0.05, 0.1) is 6.54 Å². The largest absolute Gasteiger partial charge is 0.441 e. The molecule has 9 nitrogen and oxygen atoms in total. The molecule has 1 spiro atoms. The normalized spacial score (nSPS) is 22.7. The fourth-order valence-corrected chi connectivity index (χ4v) is 4.29. The molecule has 0 atom stereocenters. The van der Waals surface area contributed by atoms with Crippen molar-refractivity contribution in [2.45, 2.75) is 31.3 Å². The number of hydrogen-bond acceptors (Lipinski definition) is 6. The summed E-state index contributed by atoms with van der Waals surface area (Å²) in [7, 11) is 0. The van der Waals surface area contributed by atoms with Crippen molar-refractivity contribution in [3.63, 3.8) is 0 Å². The van der Waals surface area contributed by atoms with Gasteiger partial charge in [0.1, 0.15) is 17.1 Å². The predicted molar refractivity (Wildman–Crippen MR) is 113 cm³/mol. The lowest BCUT2D eigenvalue weighted by molar-refractivity contribution is -0.122. The van der Waals surface area contributed by atoms with Crippen LogP contribution in [-0.4, -0.2) is 44.1 Å². The number of anilines is 2. The maximum absolute atomic E-state index is 14.0. The second-order valence-corrected chi connectivity index (χ2v) is 8.08. The van der Waals surface area contributed by atoms with E-state index in [-0.39, 0.29) is 11.8 Å². The molecule has 5 rings (SSSR count). The Kier molecular flexibility index (Phi) is 5.04. The van der Waals surface area contributed by atoms with Gasteiger partial charge in [-0.05, 0) is 49.9 Å². The highest BCUT2D eigenvalue weighted by Gasteiger charge is 2.49. The Labute approximate surface area is 183 Å². The molecule has 10 heteroatoms. The van der Waals surface area contributed by atoms with Gasteiger partial charge >= 0.3 is 6.09 Å². The molecule has 3 heterocycles. The van der Waals surface area contributed by atoms with Crippen molar-refractivity contribution >= 4 is 23.6 Å². The van der Waals surface area contributed by atoms with Gasteiger partial charge in [0.25, 0.3) is 0 Å². The van der Waals surface area contributed by atoms with E-state index < -0.39 is 17.5 Å². The second kappa shape index (κ2) is 8.03. The SMILES string of the molecule is O=C(Nc1ccn(-c2ccccc2F)n1)C1CCC2(CC1)CN(c1cccnn1)C(=O)O2. The van der Waals surface area contributed by atoms with Crippen molar-refractivity contribution in [1.29, 1.82) is 0 Å². The molecular weight excluding hydrogens is 415 g/mol. The first-order valence-corrected chi connectivity index (χ1v) is 10.4. The summed E-state index contributed by atoms with van der Waals surface area (Å²) in [5.41, 5.74) is -0.305. The third-order valence-corrected chi connectivity index (χ3v) is 6.01. The summed E-state index contributed by atoms with van der Waals surface area (Å²) in [5, 5.41) is 14.9. The molecule has 1 saturated heterocycles. The topological polar surface area (TPSA) is 102 Å². The lowest BCUT2D eigenvalue weighted by Crippen LogP contribution is -2.41. The summed E-state index contributed by atoms with van der Waals surface area (Å²) in [6.07, 6.45) is 5.04. The van der Waals surface area contributed by atoms with Gasteiger partial charge in [-0.1, -0.05) is 12.1 Å². The molecule has 1 N–H and O–H groups in total. The predicted octanol–water partition coefficient (Wildman–Crippen LogP) is 3.33. The molecule has 32 heavy (non-hydrogen) atoms. The second-order valence-electron chi connectivity index (χ2n) is 8.08. The van der Waals surface area contributed by atoms with E-state index in [0.717, 1.165) is 0 Å². The van der Waals surface area contributed by atoms with Crippen LogP contribution in [0.1, 0.15) is 25.7 Å². The molecule has 2 aliphatic rings. The number of nitrogens with one attached hydrogen (secondary N) is 1. The molecule has 0 radical (unpaired) electrons. The molecule has 1 aromatic carbocycles. The Morgan fingerprint density at radius 1 is 1.16 bits per heavy atom. The maximum atomic E-state index is 14.0.